The Bertz CT molecular complexity index is 1540. The minimum absolute atomic E-state index is 0.119. The van der Waals surface area contributed by atoms with Crippen molar-refractivity contribution in [3.05, 3.63) is 46.1 Å². The van der Waals surface area contributed by atoms with Crippen LogP contribution in [0.2, 0.25) is 0 Å². The summed E-state index contributed by atoms with van der Waals surface area (Å²) in [6, 6.07) is 6.00. The third-order valence-corrected chi connectivity index (χ3v) is 7.71. The van der Waals surface area contributed by atoms with Crippen molar-refractivity contribution in [3.63, 3.8) is 0 Å². The average molecular weight is 609 g/mol. The summed E-state index contributed by atoms with van der Waals surface area (Å²) in [6.07, 6.45) is -16.2. The Hall–Kier alpha value is -3.51. The third-order valence-electron chi connectivity index (χ3n) is 7.71. The Balaban J connectivity index is 1.67. The van der Waals surface area contributed by atoms with Crippen LogP contribution in [0.25, 0.3) is 22.3 Å². The maximum atomic E-state index is 13.2. The van der Waals surface area contributed by atoms with Crippen molar-refractivity contribution < 1.29 is 69.3 Å². The van der Waals surface area contributed by atoms with Gasteiger partial charge in [0.1, 0.15) is 71.5 Å². The van der Waals surface area contributed by atoms with Crippen molar-refractivity contribution in [2.24, 2.45) is 0 Å². The molecule has 2 fully saturated rings. The first-order valence-corrected chi connectivity index (χ1v) is 13.3. The van der Waals surface area contributed by atoms with Crippen LogP contribution < -0.4 is 10.2 Å². The Morgan fingerprint density at radius 3 is 2.21 bits per heavy atom. The number of phenols is 3. The third kappa shape index (κ3) is 5.39. The predicted octanol–water partition coefficient (Wildman–Crippen LogP) is -1.05. The van der Waals surface area contributed by atoms with E-state index in [0.717, 1.165) is 12.1 Å². The molecule has 0 saturated carbocycles. The van der Waals surface area contributed by atoms with Crippen LogP contribution in [0.4, 0.5) is 0 Å². The molecule has 2 aromatic carbocycles. The van der Waals surface area contributed by atoms with Gasteiger partial charge in [-0.2, -0.15) is 0 Å². The second-order valence-electron chi connectivity index (χ2n) is 10.4. The normalized spacial score (nSPS) is 33.0. The molecule has 3 heterocycles. The van der Waals surface area contributed by atoms with Gasteiger partial charge in [-0.1, -0.05) is 0 Å². The molecule has 0 unspecified atom stereocenters. The van der Waals surface area contributed by atoms with Gasteiger partial charge in [0.25, 0.3) is 0 Å². The lowest BCUT2D eigenvalue weighted by Gasteiger charge is -2.46. The highest BCUT2D eigenvalue weighted by molar-refractivity contribution is 5.89. The fourth-order valence-corrected chi connectivity index (χ4v) is 5.34. The van der Waals surface area contributed by atoms with Gasteiger partial charge in [0.15, 0.2) is 28.8 Å². The molecule has 0 aliphatic carbocycles. The Kier molecular flexibility index (Phi) is 8.54. The molecule has 0 bridgehead atoms. The van der Waals surface area contributed by atoms with Gasteiger partial charge in [-0.15, -0.1) is 0 Å². The molecule has 15 heteroatoms. The molecule has 2 saturated heterocycles. The van der Waals surface area contributed by atoms with Crippen LogP contribution in [0.5, 0.6) is 23.0 Å². The summed E-state index contributed by atoms with van der Waals surface area (Å²) >= 11 is 0. The van der Waals surface area contributed by atoms with Gasteiger partial charge in [-0.05, 0) is 25.1 Å². The highest BCUT2D eigenvalue weighted by Gasteiger charge is 2.51. The molecule has 43 heavy (non-hydrogen) atoms. The number of aromatic hydroxyl groups is 3. The number of phenolic OH excluding ortho intramolecular Hbond substituents is 3. The molecule has 0 amide bonds. The standard InChI is InChI=1S/C28H32O15/c1-9-20(34)22(36)24(38)28(40-9)43-27-23(37)21(35)17(8-29)42-26(27)19-13(32)6-12(31)18-14(33)7-16(41-25(18)19)10-3-4-15(39-2)11(30)5-10/h3-7,9,17,20-24,26-32,34-38H,8H2,1-2H3/t9-,17+,20-,21+,22+,23-,24+,26-,27+,28-/m0/s1. The van der Waals surface area contributed by atoms with E-state index in [9.17, 15) is 50.8 Å². The van der Waals surface area contributed by atoms with Crippen molar-refractivity contribution in [2.75, 3.05) is 13.7 Å². The van der Waals surface area contributed by atoms with Crippen LogP contribution in [-0.4, -0.2) is 115 Å². The second-order valence-corrected chi connectivity index (χ2v) is 10.4. The summed E-state index contributed by atoms with van der Waals surface area (Å²) < 4.78 is 28.1. The number of benzene rings is 2. The van der Waals surface area contributed by atoms with E-state index in [1.165, 1.54) is 32.2 Å². The number of methoxy groups -OCH3 is 1. The van der Waals surface area contributed by atoms with E-state index in [-0.39, 0.29) is 28.4 Å². The van der Waals surface area contributed by atoms with Crippen molar-refractivity contribution in [2.45, 2.75) is 68.1 Å². The van der Waals surface area contributed by atoms with E-state index in [0.29, 0.717) is 0 Å². The molecule has 2 aliphatic rings. The van der Waals surface area contributed by atoms with E-state index < -0.39 is 95.7 Å². The van der Waals surface area contributed by atoms with Crippen LogP contribution in [0.3, 0.4) is 0 Å². The molecule has 234 valence electrons. The first-order valence-electron chi connectivity index (χ1n) is 13.3. The number of hydrogen-bond donors (Lipinski definition) is 9. The molecule has 15 nitrogen and oxygen atoms in total. The summed E-state index contributed by atoms with van der Waals surface area (Å²) in [6.45, 7) is 0.591. The SMILES string of the molecule is COc1ccc(-c2cc(=O)c3c(O)cc(O)c([C@@H]4O[C@H](CO)[C@@H](O)[C@H](O)[C@H]4O[C@@H]4O[C@@H](C)[C@H](O)[C@@H](O)[C@H]4O)c3o2)cc1O. The molecular weight excluding hydrogens is 576 g/mol. The number of fused-ring (bicyclic) bond motifs is 1. The van der Waals surface area contributed by atoms with Gasteiger partial charge in [-0.3, -0.25) is 4.79 Å². The van der Waals surface area contributed by atoms with E-state index in [1.807, 2.05) is 0 Å². The van der Waals surface area contributed by atoms with Gasteiger partial charge < -0.3 is 69.3 Å². The van der Waals surface area contributed by atoms with Crippen LogP contribution in [0, 0.1) is 0 Å². The maximum absolute atomic E-state index is 13.2. The van der Waals surface area contributed by atoms with Gasteiger partial charge in [0, 0.05) is 17.7 Å². The highest BCUT2D eigenvalue weighted by Crippen LogP contribution is 2.45. The molecular formula is C28H32O15. The zero-order valence-corrected chi connectivity index (χ0v) is 22.8. The molecule has 0 spiro atoms. The maximum Gasteiger partial charge on any atom is 0.197 e. The summed E-state index contributed by atoms with van der Waals surface area (Å²) in [5.41, 5.74) is -1.34. The van der Waals surface area contributed by atoms with Crippen LogP contribution in [0.15, 0.2) is 39.5 Å². The molecule has 9 N–H and O–H groups in total. The topological polar surface area (TPSA) is 249 Å². The second kappa shape index (κ2) is 11.9. The van der Waals surface area contributed by atoms with Crippen molar-refractivity contribution in [3.8, 4) is 34.3 Å². The van der Waals surface area contributed by atoms with E-state index >= 15 is 0 Å². The van der Waals surface area contributed by atoms with Crippen LogP contribution >= 0.6 is 0 Å². The highest BCUT2D eigenvalue weighted by atomic mass is 16.7. The molecule has 3 aromatic rings. The first kappa shape index (κ1) is 30.9. The Morgan fingerprint density at radius 1 is 0.837 bits per heavy atom. The quantitative estimate of drug-likeness (QED) is 0.162. The van der Waals surface area contributed by atoms with Crippen LogP contribution in [-0.2, 0) is 14.2 Å². The molecule has 5 rings (SSSR count). The summed E-state index contributed by atoms with van der Waals surface area (Å²) in [7, 11) is 1.34. The summed E-state index contributed by atoms with van der Waals surface area (Å²) in [5, 5.41) is 93.9. The molecule has 10 atom stereocenters. The number of rotatable bonds is 6. The number of ether oxygens (including phenoxy) is 4. The zero-order chi connectivity index (χ0) is 31.3. The minimum atomic E-state index is -1.87. The van der Waals surface area contributed by atoms with Gasteiger partial charge in [0.2, 0.25) is 0 Å². The fourth-order valence-electron chi connectivity index (χ4n) is 5.34. The van der Waals surface area contributed by atoms with Crippen molar-refractivity contribution >= 4 is 11.0 Å². The van der Waals surface area contributed by atoms with E-state index in [1.54, 1.807) is 0 Å². The summed E-state index contributed by atoms with van der Waals surface area (Å²) in [4.78, 5) is 13.2. The number of aliphatic hydroxyl groups is 6. The smallest absolute Gasteiger partial charge is 0.197 e. The Labute approximate surface area is 242 Å². The lowest BCUT2D eigenvalue weighted by atomic mass is 9.89. The van der Waals surface area contributed by atoms with Crippen LogP contribution in [0.1, 0.15) is 18.6 Å². The fraction of sp³-hybridized carbons (Fsp3) is 0.464. The van der Waals surface area contributed by atoms with Gasteiger partial charge in [-0.25, -0.2) is 0 Å². The zero-order valence-electron chi connectivity index (χ0n) is 22.8. The monoisotopic (exact) mass is 608 g/mol. The largest absolute Gasteiger partial charge is 0.507 e. The van der Waals surface area contributed by atoms with Gasteiger partial charge in [0.05, 0.1) is 25.4 Å². The number of aliphatic hydroxyl groups excluding tert-OH is 6. The van der Waals surface area contributed by atoms with E-state index in [2.05, 4.69) is 0 Å². The predicted molar refractivity (Wildman–Crippen MR) is 143 cm³/mol. The van der Waals surface area contributed by atoms with Crippen molar-refractivity contribution in [1.82, 2.24) is 0 Å². The number of hydrogen-bond acceptors (Lipinski definition) is 15. The lowest BCUT2D eigenvalue weighted by molar-refractivity contribution is -0.338. The molecule has 2 aliphatic heterocycles. The minimum Gasteiger partial charge on any atom is -0.507 e. The Morgan fingerprint density at radius 2 is 1.56 bits per heavy atom. The van der Waals surface area contributed by atoms with E-state index in [4.69, 9.17) is 23.4 Å². The van der Waals surface area contributed by atoms with Crippen molar-refractivity contribution in [1.29, 1.82) is 0 Å². The average Bonchev–Trinajstić information content (AvgIpc) is 2.97. The first-order chi connectivity index (χ1) is 20.4. The lowest BCUT2D eigenvalue weighted by Crippen LogP contribution is -2.61. The molecule has 1 aromatic heterocycles. The molecule has 0 radical (unpaired) electrons. The van der Waals surface area contributed by atoms with Gasteiger partial charge >= 0.3 is 0 Å². The summed E-state index contributed by atoms with van der Waals surface area (Å²) in [5.74, 6) is -1.62.